The van der Waals surface area contributed by atoms with Gasteiger partial charge in [-0.25, -0.2) is 0 Å². The van der Waals surface area contributed by atoms with Gasteiger partial charge in [-0.05, 0) is 0 Å². The van der Waals surface area contributed by atoms with E-state index in [-0.39, 0.29) is 24.7 Å². The van der Waals surface area contributed by atoms with Crippen LogP contribution >= 0.6 is 11.8 Å². The van der Waals surface area contributed by atoms with Crippen molar-refractivity contribution >= 4 is 183 Å². The van der Waals surface area contributed by atoms with Crippen molar-refractivity contribution < 1.29 is 9.53 Å². The molecular formula is C7H10B23O2S. The number of thioether (sulfide) groups is 1. The lowest BCUT2D eigenvalue weighted by Gasteiger charge is -2.25. The standard InChI is InChI=1S/C7H10BO2S.2B11/c1-5(7(9)10-2)4-11-6-3-8-6;2*1-7-10(6)11(8(2)3)9(4)5/h3,5H,4H2,1-2H3;;. The van der Waals surface area contributed by atoms with Crippen LogP contribution in [0, 0.1) is 5.92 Å². The Morgan fingerprint density at radius 3 is 1.42 bits per heavy atom. The van der Waals surface area contributed by atoms with Crippen molar-refractivity contribution in [2.75, 3.05) is 12.9 Å². The van der Waals surface area contributed by atoms with Gasteiger partial charge in [-0.15, -0.1) is 17.7 Å². The smallest absolute Gasteiger partial charge is 0.309 e. The minimum atomic E-state index is -0.648. The maximum Gasteiger partial charge on any atom is 0.309 e. The lowest BCUT2D eigenvalue weighted by Crippen LogP contribution is -2.63. The van der Waals surface area contributed by atoms with Crippen molar-refractivity contribution in [1.29, 1.82) is 0 Å². The van der Waals surface area contributed by atoms with Gasteiger partial charge in [0.2, 0.25) is 0 Å². The zero-order valence-corrected chi connectivity index (χ0v) is 20.2. The molecule has 2 nitrogen and oxygen atoms in total. The highest BCUT2D eigenvalue weighted by atomic mass is 32.2. The molecule has 0 aliphatic carbocycles. The maximum absolute atomic E-state index is 10.9. The van der Waals surface area contributed by atoms with E-state index in [1.165, 1.54) is 26.0 Å². The first-order chi connectivity index (χ1) is 15.2. The lowest BCUT2D eigenvalue weighted by atomic mass is 8.56. The van der Waals surface area contributed by atoms with Crippen LogP contribution in [0.15, 0.2) is 10.8 Å². The fourth-order valence-corrected chi connectivity index (χ4v) is 3.26. The molecular weight excluding hydrogens is 397 g/mol. The average Bonchev–Trinajstić information content (AvgIpc) is 3.55. The summed E-state index contributed by atoms with van der Waals surface area (Å²) < 4.78 is 4.58. The molecule has 27 radical (unpaired) electrons. The molecule has 26 heteroatoms. The molecule has 1 aliphatic rings. The van der Waals surface area contributed by atoms with Gasteiger partial charge in [0.25, 0.3) is 0 Å². The third-order valence-corrected chi connectivity index (χ3v) is 5.79. The van der Waals surface area contributed by atoms with E-state index in [4.69, 9.17) is 92.8 Å². The molecule has 1 atom stereocenters. The average molecular weight is 407 g/mol. The Kier molecular flexibility index (Phi) is 22.1. The van der Waals surface area contributed by atoms with Crippen molar-refractivity contribution in [2.24, 2.45) is 5.92 Å². The topological polar surface area (TPSA) is 26.3 Å². The van der Waals surface area contributed by atoms with Gasteiger partial charge >= 0.3 is 5.97 Å². The van der Waals surface area contributed by atoms with E-state index >= 15 is 0 Å². The van der Waals surface area contributed by atoms with Gasteiger partial charge in [-0.3, -0.25) is 4.79 Å². The summed E-state index contributed by atoms with van der Waals surface area (Å²) >= 11 is 1.70. The van der Waals surface area contributed by atoms with E-state index in [1.807, 2.05) is 20.2 Å². The third-order valence-electron chi connectivity index (χ3n) is 4.52. The van der Waals surface area contributed by atoms with Crippen molar-refractivity contribution in [1.82, 2.24) is 0 Å². The van der Waals surface area contributed by atoms with Crippen LogP contribution in [-0.2, 0) is 9.53 Å². The summed E-state index contributed by atoms with van der Waals surface area (Å²) in [5.74, 6) is 2.72. The first-order valence-corrected chi connectivity index (χ1v) is 11.1. The van der Waals surface area contributed by atoms with Gasteiger partial charge in [0.1, 0.15) is 0 Å². The van der Waals surface area contributed by atoms with Gasteiger partial charge in [-0.1, -0.05) is 11.7 Å². The number of carbonyl (C=O) groups excluding carboxylic acids is 1. The minimum absolute atomic E-state index is 0.0000926. The molecule has 0 spiro atoms. The van der Waals surface area contributed by atoms with Crippen LogP contribution in [0.5, 0.6) is 0 Å². The zero-order chi connectivity index (χ0) is 26.3. The molecule has 0 N–H and O–H groups in total. The molecule has 0 fully saturated rings. The van der Waals surface area contributed by atoms with Gasteiger partial charge in [0.15, 0.2) is 7.28 Å². The quantitative estimate of drug-likeness (QED) is 0.238. The summed E-state index contributed by atoms with van der Waals surface area (Å²) in [6, 6.07) is 0. The summed E-state index contributed by atoms with van der Waals surface area (Å²) in [6.45, 7) is 1.88. The lowest BCUT2D eigenvalue weighted by molar-refractivity contribution is -0.143. The molecule has 125 valence electrons. The van der Waals surface area contributed by atoms with Crippen LogP contribution in [0.25, 0.3) is 0 Å². The Hall–Kier alpha value is 1.05. The molecule has 0 saturated heterocycles. The number of ether oxygens (including phenoxy) is 1. The first kappa shape index (κ1) is 36.2. The predicted molar refractivity (Wildman–Crippen MR) is 174 cm³/mol. The van der Waals surface area contributed by atoms with E-state index in [9.17, 15) is 4.79 Å². The van der Waals surface area contributed by atoms with Crippen LogP contribution in [-0.4, -0.2) is 184 Å². The summed E-state index contributed by atoms with van der Waals surface area (Å²) in [7, 11) is 70.4. The van der Waals surface area contributed by atoms with Crippen molar-refractivity contribution in [3.05, 3.63) is 10.8 Å². The van der Waals surface area contributed by atoms with Crippen LogP contribution in [0.2, 0.25) is 0 Å². The summed E-state index contributed by atoms with van der Waals surface area (Å²) in [5.41, 5.74) is 0. The number of hydrogen-bond acceptors (Lipinski definition) is 3. The van der Waals surface area contributed by atoms with Gasteiger partial charge in [0, 0.05) is 164 Å². The fourth-order valence-electron chi connectivity index (χ4n) is 2.42. The van der Waals surface area contributed by atoms with Crippen LogP contribution in [0.3, 0.4) is 0 Å². The Morgan fingerprint density at radius 1 is 0.909 bits per heavy atom. The molecule has 0 amide bonds. The molecule has 0 aromatic carbocycles. The highest BCUT2D eigenvalue weighted by molar-refractivity contribution is 8.05. The number of methoxy groups -OCH3 is 1. The van der Waals surface area contributed by atoms with Crippen LogP contribution in [0.1, 0.15) is 6.92 Å². The van der Waals surface area contributed by atoms with Crippen LogP contribution in [0.4, 0.5) is 0 Å². The van der Waals surface area contributed by atoms with E-state index in [1.54, 1.807) is 11.8 Å². The highest BCUT2D eigenvalue weighted by Crippen LogP contribution is 2.25. The molecule has 0 aromatic rings. The number of hydrogen-bond donors (Lipinski definition) is 0. The summed E-state index contributed by atoms with van der Waals surface area (Å²) in [4.78, 5) is 12.2. The van der Waals surface area contributed by atoms with Gasteiger partial charge < -0.3 is 4.74 Å². The van der Waals surface area contributed by atoms with E-state index in [2.05, 4.69) is 4.74 Å². The molecule has 1 unspecified atom stereocenters. The number of esters is 1. The monoisotopic (exact) mass is 411 g/mol. The second kappa shape index (κ2) is 20.1. The third kappa shape index (κ3) is 17.2. The Bertz CT molecular complexity index is 503. The molecule has 1 rings (SSSR count). The largest absolute Gasteiger partial charge is 0.469 e. The molecule has 0 saturated carbocycles. The molecule has 0 aromatic heterocycles. The maximum atomic E-state index is 10.9. The van der Waals surface area contributed by atoms with E-state index in [0.29, 0.717) is 0 Å². The second-order valence-corrected chi connectivity index (χ2v) is 8.57. The molecule has 0 bridgehead atoms. The van der Waals surface area contributed by atoms with Crippen molar-refractivity contribution in [3.8, 4) is 0 Å². The molecule has 1 heterocycles. The highest BCUT2D eigenvalue weighted by Gasteiger charge is 2.27. The number of rotatable bonds is 12. The predicted octanol–water partition coefficient (Wildman–Crippen LogP) is -7.33. The molecule has 33 heavy (non-hydrogen) atoms. The summed E-state index contributed by atoms with van der Waals surface area (Å²) in [6.07, 6.45) is -4.30. The van der Waals surface area contributed by atoms with E-state index < -0.39 is 38.3 Å². The molecule has 1 aliphatic heterocycles. The van der Waals surface area contributed by atoms with Gasteiger partial charge in [0.05, 0.1) is 13.0 Å². The fraction of sp³-hybridized carbons (Fsp3) is 0.571. The second-order valence-electron chi connectivity index (χ2n) is 7.47. The van der Waals surface area contributed by atoms with E-state index in [0.717, 1.165) is 5.75 Å². The van der Waals surface area contributed by atoms with Crippen molar-refractivity contribution in [3.63, 3.8) is 0 Å². The van der Waals surface area contributed by atoms with Crippen LogP contribution < -0.4 is 0 Å². The SMILES string of the molecule is COC(=O)C(C)CSC1=C[B]1.[B][B]B([B])B(B([B])[B])B([B])[B].[B][B]B([B])B(B([B])[B])B([B])[B]. The van der Waals surface area contributed by atoms with Crippen molar-refractivity contribution in [2.45, 2.75) is 6.92 Å². The first-order valence-electron chi connectivity index (χ1n) is 10.2. The zero-order valence-electron chi connectivity index (χ0n) is 19.4. The van der Waals surface area contributed by atoms with Gasteiger partial charge in [-0.2, -0.15) is 0 Å². The normalized spacial score (nSPS) is 11.0. The Morgan fingerprint density at radius 2 is 1.24 bits per heavy atom. The minimum Gasteiger partial charge on any atom is -0.469 e. The Labute approximate surface area is 228 Å². The summed E-state index contributed by atoms with van der Waals surface area (Å²) in [5, 5.41) is 0. The Balaban J connectivity index is 0. The number of carbonyl (C=O) groups is 1.